The number of rotatable bonds is 1. The molecule has 0 aromatic heterocycles. The summed E-state index contributed by atoms with van der Waals surface area (Å²) < 4.78 is 0. The van der Waals surface area contributed by atoms with Crippen LogP contribution in [0.15, 0.2) is 30.3 Å². The molecule has 0 unspecified atom stereocenters. The van der Waals surface area contributed by atoms with Crippen LogP contribution in [0.4, 0.5) is 0 Å². The number of hydrogen-bond donors (Lipinski definition) is 1. The molecule has 68 valence electrons. The van der Waals surface area contributed by atoms with E-state index < -0.39 is 0 Å². The Labute approximate surface area is 79.3 Å². The van der Waals surface area contributed by atoms with Gasteiger partial charge in [-0.2, -0.15) is 0 Å². The Hall–Kier alpha value is -1.08. The quantitative estimate of drug-likeness (QED) is 0.693. The van der Waals surface area contributed by atoms with Crippen molar-refractivity contribution in [1.82, 2.24) is 0 Å². The van der Waals surface area contributed by atoms with Crippen LogP contribution in [0.5, 0.6) is 0 Å². The van der Waals surface area contributed by atoms with E-state index in [2.05, 4.69) is 43.3 Å². The third kappa shape index (κ3) is 1.29. The summed E-state index contributed by atoms with van der Waals surface area (Å²) in [6, 6.07) is 8.50. The number of hydrogen-bond acceptors (Lipinski definition) is 1. The monoisotopic (exact) mass is 173 g/mol. The van der Waals surface area contributed by atoms with Crippen molar-refractivity contribution in [1.29, 1.82) is 0 Å². The Morgan fingerprint density at radius 1 is 1.38 bits per heavy atom. The Morgan fingerprint density at radius 3 is 2.92 bits per heavy atom. The summed E-state index contributed by atoms with van der Waals surface area (Å²) in [5, 5.41) is 0. The van der Waals surface area contributed by atoms with Crippen LogP contribution in [-0.4, -0.2) is 6.54 Å². The lowest BCUT2D eigenvalue weighted by Gasteiger charge is -2.31. The van der Waals surface area contributed by atoms with E-state index in [9.17, 15) is 0 Å². The summed E-state index contributed by atoms with van der Waals surface area (Å²) in [7, 11) is 0. The van der Waals surface area contributed by atoms with Crippen molar-refractivity contribution in [3.63, 3.8) is 0 Å². The predicted molar refractivity (Wildman–Crippen MR) is 56.5 cm³/mol. The molecule has 2 N–H and O–H groups in total. The largest absolute Gasteiger partial charge is 0.330 e. The SMILES string of the molecule is C[C@@]1(CN)CC=Cc2ccccc21. The summed E-state index contributed by atoms with van der Waals surface area (Å²) in [5.41, 5.74) is 8.67. The maximum absolute atomic E-state index is 5.82. The van der Waals surface area contributed by atoms with Crippen LogP contribution in [0.1, 0.15) is 24.5 Å². The van der Waals surface area contributed by atoms with Crippen LogP contribution in [0.2, 0.25) is 0 Å². The van der Waals surface area contributed by atoms with Crippen LogP contribution in [0, 0.1) is 0 Å². The molecule has 1 aromatic rings. The molecule has 0 saturated carbocycles. The maximum atomic E-state index is 5.82. The van der Waals surface area contributed by atoms with Gasteiger partial charge in [0.05, 0.1) is 0 Å². The lowest BCUT2D eigenvalue weighted by Crippen LogP contribution is -2.33. The van der Waals surface area contributed by atoms with Crippen LogP contribution in [-0.2, 0) is 5.41 Å². The molecule has 0 fully saturated rings. The Kier molecular flexibility index (Phi) is 1.97. The van der Waals surface area contributed by atoms with Crippen molar-refractivity contribution in [2.24, 2.45) is 5.73 Å². The van der Waals surface area contributed by atoms with E-state index in [-0.39, 0.29) is 5.41 Å². The molecule has 1 heteroatoms. The van der Waals surface area contributed by atoms with Gasteiger partial charge in [-0.05, 0) is 17.5 Å². The van der Waals surface area contributed by atoms with E-state index in [4.69, 9.17) is 5.73 Å². The van der Waals surface area contributed by atoms with Crippen molar-refractivity contribution in [2.75, 3.05) is 6.54 Å². The van der Waals surface area contributed by atoms with Crippen molar-refractivity contribution in [3.05, 3.63) is 41.5 Å². The van der Waals surface area contributed by atoms with E-state index in [1.165, 1.54) is 11.1 Å². The standard InChI is InChI=1S/C12H15N/c1-12(9-13)8-4-6-10-5-2-3-7-11(10)12/h2-7H,8-9,13H2,1H3/t12-/m0/s1. The molecular formula is C12H15N. The van der Waals surface area contributed by atoms with Crippen molar-refractivity contribution in [3.8, 4) is 0 Å². The summed E-state index contributed by atoms with van der Waals surface area (Å²) in [4.78, 5) is 0. The minimum Gasteiger partial charge on any atom is -0.330 e. The molecule has 0 bridgehead atoms. The minimum absolute atomic E-state index is 0.144. The van der Waals surface area contributed by atoms with E-state index in [0.717, 1.165) is 6.42 Å². The molecule has 13 heavy (non-hydrogen) atoms. The Balaban J connectivity index is 2.55. The lowest BCUT2D eigenvalue weighted by molar-refractivity contribution is 0.486. The average molecular weight is 173 g/mol. The Bertz CT molecular complexity index is 341. The average Bonchev–Trinajstić information content (AvgIpc) is 2.19. The van der Waals surface area contributed by atoms with E-state index >= 15 is 0 Å². The van der Waals surface area contributed by atoms with Gasteiger partial charge in [0, 0.05) is 12.0 Å². The molecule has 0 heterocycles. The van der Waals surface area contributed by atoms with E-state index in [1.54, 1.807) is 0 Å². The number of allylic oxidation sites excluding steroid dienone is 1. The summed E-state index contributed by atoms with van der Waals surface area (Å²) >= 11 is 0. The van der Waals surface area contributed by atoms with Crippen LogP contribution < -0.4 is 5.73 Å². The molecule has 0 amide bonds. The zero-order chi connectivity index (χ0) is 9.31. The zero-order valence-corrected chi connectivity index (χ0v) is 7.96. The van der Waals surface area contributed by atoms with Gasteiger partial charge >= 0.3 is 0 Å². The van der Waals surface area contributed by atoms with Crippen LogP contribution >= 0.6 is 0 Å². The zero-order valence-electron chi connectivity index (χ0n) is 7.96. The second-order valence-corrected chi connectivity index (χ2v) is 3.96. The molecule has 2 rings (SSSR count). The molecule has 0 spiro atoms. The highest BCUT2D eigenvalue weighted by Crippen LogP contribution is 2.34. The first-order chi connectivity index (χ1) is 6.26. The van der Waals surface area contributed by atoms with Crippen LogP contribution in [0.3, 0.4) is 0 Å². The molecule has 0 radical (unpaired) electrons. The van der Waals surface area contributed by atoms with E-state index in [0.29, 0.717) is 6.54 Å². The maximum Gasteiger partial charge on any atom is 0.00877 e. The third-order valence-corrected chi connectivity index (χ3v) is 2.93. The number of nitrogens with two attached hydrogens (primary N) is 1. The number of benzene rings is 1. The molecule has 1 aliphatic rings. The molecule has 1 aromatic carbocycles. The normalized spacial score (nSPS) is 25.7. The van der Waals surface area contributed by atoms with Gasteiger partial charge in [-0.25, -0.2) is 0 Å². The van der Waals surface area contributed by atoms with Gasteiger partial charge in [-0.15, -0.1) is 0 Å². The summed E-state index contributed by atoms with van der Waals surface area (Å²) in [6.45, 7) is 2.95. The van der Waals surface area contributed by atoms with Crippen molar-refractivity contribution in [2.45, 2.75) is 18.8 Å². The fourth-order valence-corrected chi connectivity index (χ4v) is 1.94. The molecule has 1 atom stereocenters. The lowest BCUT2D eigenvalue weighted by atomic mass is 9.74. The molecule has 0 aliphatic heterocycles. The molecule has 1 aliphatic carbocycles. The highest BCUT2D eigenvalue weighted by Gasteiger charge is 2.27. The first-order valence-corrected chi connectivity index (χ1v) is 4.72. The third-order valence-electron chi connectivity index (χ3n) is 2.93. The van der Waals surface area contributed by atoms with Crippen molar-refractivity contribution >= 4 is 6.08 Å². The van der Waals surface area contributed by atoms with Gasteiger partial charge in [0.15, 0.2) is 0 Å². The highest BCUT2D eigenvalue weighted by molar-refractivity contribution is 5.59. The molecule has 0 saturated heterocycles. The fourth-order valence-electron chi connectivity index (χ4n) is 1.94. The molecular weight excluding hydrogens is 158 g/mol. The summed E-state index contributed by atoms with van der Waals surface area (Å²) in [5.74, 6) is 0. The fraction of sp³-hybridized carbons (Fsp3) is 0.333. The summed E-state index contributed by atoms with van der Waals surface area (Å²) in [6.07, 6.45) is 5.46. The molecule has 1 nitrogen and oxygen atoms in total. The van der Waals surface area contributed by atoms with Gasteiger partial charge in [0.2, 0.25) is 0 Å². The minimum atomic E-state index is 0.144. The first kappa shape index (κ1) is 8.52. The predicted octanol–water partition coefficient (Wildman–Crippen LogP) is 2.32. The van der Waals surface area contributed by atoms with Gasteiger partial charge in [0.25, 0.3) is 0 Å². The van der Waals surface area contributed by atoms with Gasteiger partial charge in [0.1, 0.15) is 0 Å². The van der Waals surface area contributed by atoms with Gasteiger partial charge in [-0.3, -0.25) is 0 Å². The van der Waals surface area contributed by atoms with Crippen LogP contribution in [0.25, 0.3) is 6.08 Å². The smallest absolute Gasteiger partial charge is 0.00877 e. The first-order valence-electron chi connectivity index (χ1n) is 4.72. The van der Waals surface area contributed by atoms with E-state index in [1.807, 2.05) is 0 Å². The van der Waals surface area contributed by atoms with Crippen molar-refractivity contribution < 1.29 is 0 Å². The highest BCUT2D eigenvalue weighted by atomic mass is 14.6. The number of fused-ring (bicyclic) bond motifs is 1. The second kappa shape index (κ2) is 3.00. The topological polar surface area (TPSA) is 26.0 Å². The van der Waals surface area contributed by atoms with Gasteiger partial charge < -0.3 is 5.73 Å². The second-order valence-electron chi connectivity index (χ2n) is 3.96. The Morgan fingerprint density at radius 2 is 2.15 bits per heavy atom. The van der Waals surface area contributed by atoms with Gasteiger partial charge in [-0.1, -0.05) is 43.3 Å².